The maximum Gasteiger partial charge on any atom is 0.191 e. The molecule has 158 valence electrons. The average molecular weight is 384 g/mol. The van der Waals surface area contributed by atoms with Crippen LogP contribution in [0, 0.1) is 5.92 Å². The lowest BCUT2D eigenvalue weighted by atomic mass is 10.0. The summed E-state index contributed by atoms with van der Waals surface area (Å²) < 4.78 is 5.39. The van der Waals surface area contributed by atoms with Crippen LogP contribution in [0.25, 0.3) is 0 Å². The normalized spacial score (nSPS) is 23.4. The van der Waals surface area contributed by atoms with E-state index in [4.69, 9.17) is 4.74 Å². The molecule has 2 atom stereocenters. The van der Waals surface area contributed by atoms with E-state index in [-0.39, 0.29) is 0 Å². The number of guanidine groups is 1. The lowest BCUT2D eigenvalue weighted by molar-refractivity contribution is -0.0180. The van der Waals surface area contributed by atoms with Crippen molar-refractivity contribution in [1.82, 2.24) is 20.4 Å². The van der Waals surface area contributed by atoms with Crippen molar-refractivity contribution in [3.05, 3.63) is 0 Å². The molecule has 2 heterocycles. The van der Waals surface area contributed by atoms with Gasteiger partial charge in [0.1, 0.15) is 0 Å². The molecule has 2 unspecified atom stereocenters. The molecule has 2 aliphatic rings. The minimum atomic E-state index is -0.841. The van der Waals surface area contributed by atoms with E-state index in [0.717, 1.165) is 45.4 Å². The summed E-state index contributed by atoms with van der Waals surface area (Å²) in [4.78, 5) is 9.52. The van der Waals surface area contributed by atoms with Gasteiger partial charge in [-0.25, -0.2) is 0 Å². The number of aliphatic hydroxyl groups is 1. The molecule has 0 aromatic carbocycles. The molecule has 27 heavy (non-hydrogen) atoms. The fourth-order valence-corrected chi connectivity index (χ4v) is 3.94. The molecule has 2 fully saturated rings. The van der Waals surface area contributed by atoms with Gasteiger partial charge in [-0.2, -0.15) is 0 Å². The van der Waals surface area contributed by atoms with Crippen molar-refractivity contribution in [2.75, 3.05) is 65.6 Å². The van der Waals surface area contributed by atoms with E-state index in [1.807, 2.05) is 6.92 Å². The molecule has 0 bridgehead atoms. The number of likely N-dealkylation sites (tertiary alicyclic amines) is 1. The van der Waals surface area contributed by atoms with Crippen LogP contribution in [0.4, 0.5) is 0 Å². The number of nitrogens with one attached hydrogen (secondary N) is 2. The van der Waals surface area contributed by atoms with Crippen LogP contribution in [0.5, 0.6) is 0 Å². The quantitative estimate of drug-likeness (QED) is 0.403. The lowest BCUT2D eigenvalue weighted by Crippen LogP contribution is -2.50. The second-order valence-electron chi connectivity index (χ2n) is 8.52. The van der Waals surface area contributed by atoms with E-state index in [1.54, 1.807) is 0 Å². The molecule has 0 aromatic rings. The van der Waals surface area contributed by atoms with E-state index in [1.165, 1.54) is 25.9 Å². The van der Waals surface area contributed by atoms with Gasteiger partial charge in [0, 0.05) is 38.8 Å². The van der Waals surface area contributed by atoms with Crippen molar-refractivity contribution in [1.29, 1.82) is 0 Å². The van der Waals surface area contributed by atoms with Crippen LogP contribution >= 0.6 is 0 Å². The van der Waals surface area contributed by atoms with Gasteiger partial charge < -0.3 is 20.5 Å². The standard InChI is InChI=1S/C20H41N5O2/c1-5-21-19(22-14-18(17(2)3)25-8-6-7-9-25)23-15-20(4,26)16-24-10-12-27-13-11-24/h17-18,26H,5-16H2,1-4H3,(H2,21,22,23). The van der Waals surface area contributed by atoms with Gasteiger partial charge in [-0.1, -0.05) is 13.8 Å². The van der Waals surface area contributed by atoms with Crippen LogP contribution < -0.4 is 10.6 Å². The number of aliphatic imine (C=N–C) groups is 1. The van der Waals surface area contributed by atoms with Gasteiger partial charge in [0.05, 0.1) is 25.4 Å². The summed E-state index contributed by atoms with van der Waals surface area (Å²) in [7, 11) is 0. The molecule has 0 amide bonds. The first kappa shape index (κ1) is 22.4. The molecule has 3 N–H and O–H groups in total. The third-order valence-corrected chi connectivity index (χ3v) is 5.45. The highest BCUT2D eigenvalue weighted by molar-refractivity contribution is 5.79. The van der Waals surface area contributed by atoms with E-state index in [9.17, 15) is 5.11 Å². The predicted octanol–water partition coefficient (Wildman–Crippen LogP) is 0.745. The minimum Gasteiger partial charge on any atom is -0.387 e. The molecule has 2 rings (SSSR count). The van der Waals surface area contributed by atoms with Crippen LogP contribution in [0.15, 0.2) is 4.99 Å². The minimum absolute atomic E-state index is 0.385. The van der Waals surface area contributed by atoms with Gasteiger partial charge in [-0.3, -0.25) is 14.8 Å². The van der Waals surface area contributed by atoms with Crippen LogP contribution in [0.3, 0.4) is 0 Å². The third-order valence-electron chi connectivity index (χ3n) is 5.45. The molecule has 0 radical (unpaired) electrons. The average Bonchev–Trinajstić information content (AvgIpc) is 3.14. The molecular weight excluding hydrogens is 342 g/mol. The van der Waals surface area contributed by atoms with E-state index >= 15 is 0 Å². The fourth-order valence-electron chi connectivity index (χ4n) is 3.94. The number of β-amino-alcohol motifs (C(OH)–C–C–N with tert-alkyl or cyclic N) is 1. The Bertz CT molecular complexity index is 444. The predicted molar refractivity (Wildman–Crippen MR) is 111 cm³/mol. The van der Waals surface area contributed by atoms with Gasteiger partial charge in [0.15, 0.2) is 5.96 Å². The zero-order chi connectivity index (χ0) is 19.7. The molecule has 0 aliphatic carbocycles. The second-order valence-corrected chi connectivity index (χ2v) is 8.52. The molecule has 2 aliphatic heterocycles. The monoisotopic (exact) mass is 383 g/mol. The number of ether oxygens (including phenoxy) is 1. The Morgan fingerprint density at radius 3 is 2.41 bits per heavy atom. The van der Waals surface area contributed by atoms with Crippen LogP contribution in [-0.2, 0) is 4.74 Å². The van der Waals surface area contributed by atoms with Crippen molar-refractivity contribution < 1.29 is 9.84 Å². The van der Waals surface area contributed by atoms with Crippen LogP contribution in [0.1, 0.15) is 40.5 Å². The second kappa shape index (κ2) is 11.2. The maximum atomic E-state index is 10.8. The highest BCUT2D eigenvalue weighted by Gasteiger charge is 2.26. The summed E-state index contributed by atoms with van der Waals surface area (Å²) in [6.07, 6.45) is 2.61. The van der Waals surface area contributed by atoms with Crippen molar-refractivity contribution in [3.63, 3.8) is 0 Å². The largest absolute Gasteiger partial charge is 0.387 e. The summed E-state index contributed by atoms with van der Waals surface area (Å²) in [6.45, 7) is 16.9. The van der Waals surface area contributed by atoms with Gasteiger partial charge in [-0.15, -0.1) is 0 Å². The Labute approximate surface area is 165 Å². The lowest BCUT2D eigenvalue weighted by Gasteiger charge is -2.33. The van der Waals surface area contributed by atoms with Crippen molar-refractivity contribution in [2.45, 2.75) is 52.2 Å². The van der Waals surface area contributed by atoms with E-state index < -0.39 is 5.60 Å². The third kappa shape index (κ3) is 7.94. The Hall–Kier alpha value is -0.890. The Morgan fingerprint density at radius 2 is 1.81 bits per heavy atom. The van der Waals surface area contributed by atoms with Gasteiger partial charge in [-0.05, 0) is 45.7 Å². The molecule has 7 heteroatoms. The molecule has 0 spiro atoms. The Morgan fingerprint density at radius 1 is 1.15 bits per heavy atom. The topological polar surface area (TPSA) is 72.4 Å². The Balaban J connectivity index is 1.87. The van der Waals surface area contributed by atoms with Crippen molar-refractivity contribution in [3.8, 4) is 0 Å². The number of rotatable bonds is 9. The SMILES string of the molecule is CCNC(=NCC(C)(O)CN1CCOCC1)NCC(C(C)C)N1CCCC1. The summed E-state index contributed by atoms with van der Waals surface area (Å²) in [5.41, 5.74) is -0.841. The zero-order valence-electron chi connectivity index (χ0n) is 17.8. The zero-order valence-corrected chi connectivity index (χ0v) is 17.8. The highest BCUT2D eigenvalue weighted by Crippen LogP contribution is 2.17. The van der Waals surface area contributed by atoms with Crippen LogP contribution in [-0.4, -0.2) is 98.1 Å². The first-order valence-corrected chi connectivity index (χ1v) is 10.7. The number of hydrogen-bond acceptors (Lipinski definition) is 5. The summed E-state index contributed by atoms with van der Waals surface area (Å²) >= 11 is 0. The summed E-state index contributed by atoms with van der Waals surface area (Å²) in [5, 5.41) is 17.6. The van der Waals surface area contributed by atoms with Crippen LogP contribution in [0.2, 0.25) is 0 Å². The van der Waals surface area contributed by atoms with Gasteiger partial charge >= 0.3 is 0 Å². The van der Waals surface area contributed by atoms with Gasteiger partial charge in [0.2, 0.25) is 0 Å². The molecule has 0 saturated carbocycles. The maximum absolute atomic E-state index is 10.8. The molecular formula is C20H41N5O2. The summed E-state index contributed by atoms with van der Waals surface area (Å²) in [6, 6.07) is 0.519. The number of nitrogens with zero attached hydrogens (tertiary/aromatic N) is 3. The molecule has 0 aromatic heterocycles. The fraction of sp³-hybridized carbons (Fsp3) is 0.950. The number of hydrogen-bond donors (Lipinski definition) is 3. The van der Waals surface area contributed by atoms with Gasteiger partial charge in [0.25, 0.3) is 0 Å². The highest BCUT2D eigenvalue weighted by atomic mass is 16.5. The first-order valence-electron chi connectivity index (χ1n) is 10.7. The Kier molecular flexibility index (Phi) is 9.29. The number of morpholine rings is 1. The van der Waals surface area contributed by atoms with E-state index in [2.05, 4.69) is 46.2 Å². The smallest absolute Gasteiger partial charge is 0.191 e. The molecule has 2 saturated heterocycles. The first-order chi connectivity index (χ1) is 12.9. The van der Waals surface area contributed by atoms with E-state index in [0.29, 0.717) is 25.0 Å². The van der Waals surface area contributed by atoms with Crippen molar-refractivity contribution >= 4 is 5.96 Å². The molecule has 7 nitrogen and oxygen atoms in total. The van der Waals surface area contributed by atoms with Crippen molar-refractivity contribution in [2.24, 2.45) is 10.9 Å². The summed E-state index contributed by atoms with van der Waals surface area (Å²) in [5.74, 6) is 1.40.